The molecule has 0 atom stereocenters. The van der Waals surface area contributed by atoms with Crippen LogP contribution in [0.5, 0.6) is 0 Å². The van der Waals surface area contributed by atoms with Crippen LogP contribution in [-0.2, 0) is 27.4 Å². The summed E-state index contributed by atoms with van der Waals surface area (Å²) in [5, 5.41) is 2.89. The first kappa shape index (κ1) is 22.7. The van der Waals surface area contributed by atoms with E-state index in [1.54, 1.807) is 24.3 Å². The van der Waals surface area contributed by atoms with Gasteiger partial charge < -0.3 is 20.5 Å². The number of hydrogen-bond acceptors (Lipinski definition) is 4. The first-order valence-electron chi connectivity index (χ1n) is 8.13. The molecule has 1 aliphatic heterocycles. The molecule has 1 amide bonds. The van der Waals surface area contributed by atoms with Gasteiger partial charge in [0, 0.05) is 26.3 Å². The van der Waals surface area contributed by atoms with Gasteiger partial charge >= 0.3 is 6.18 Å². The fourth-order valence-electron chi connectivity index (χ4n) is 2.69. The molecule has 1 aromatic carbocycles. The highest BCUT2D eigenvalue weighted by Gasteiger charge is 2.38. The minimum Gasteiger partial charge on any atom is -0.381 e. The van der Waals surface area contributed by atoms with E-state index in [9.17, 15) is 18.0 Å². The van der Waals surface area contributed by atoms with Gasteiger partial charge in [0.15, 0.2) is 0 Å². The van der Waals surface area contributed by atoms with Crippen molar-refractivity contribution < 1.29 is 27.4 Å². The third-order valence-corrected chi connectivity index (χ3v) is 4.33. The first-order chi connectivity index (χ1) is 11.8. The topological polar surface area (TPSA) is 73.6 Å². The van der Waals surface area contributed by atoms with Crippen LogP contribution in [0.1, 0.15) is 24.0 Å². The summed E-state index contributed by atoms with van der Waals surface area (Å²) in [5.74, 6) is -0.0871. The van der Waals surface area contributed by atoms with Crippen LogP contribution in [-0.4, -0.2) is 38.4 Å². The van der Waals surface area contributed by atoms with E-state index in [1.807, 2.05) is 0 Å². The largest absolute Gasteiger partial charge is 0.411 e. The Morgan fingerprint density at radius 1 is 1.19 bits per heavy atom. The van der Waals surface area contributed by atoms with Crippen LogP contribution in [0.2, 0.25) is 0 Å². The lowest BCUT2D eigenvalue weighted by molar-refractivity contribution is -0.176. The number of nitrogens with two attached hydrogens (primary N) is 1. The second-order valence-electron chi connectivity index (χ2n) is 6.20. The number of carbonyl (C=O) groups is 1. The monoisotopic (exact) mass is 396 g/mol. The van der Waals surface area contributed by atoms with Crippen molar-refractivity contribution in [2.45, 2.75) is 32.2 Å². The van der Waals surface area contributed by atoms with Gasteiger partial charge in [-0.05, 0) is 24.0 Å². The number of amides is 1. The van der Waals surface area contributed by atoms with E-state index in [1.165, 1.54) is 0 Å². The number of alkyl halides is 3. The fraction of sp³-hybridized carbons (Fsp3) is 0.588. The van der Waals surface area contributed by atoms with Gasteiger partial charge in [0.05, 0.1) is 12.0 Å². The van der Waals surface area contributed by atoms with Crippen molar-refractivity contribution in [2.75, 3.05) is 26.4 Å². The van der Waals surface area contributed by atoms with Crippen molar-refractivity contribution in [3.8, 4) is 0 Å². The summed E-state index contributed by atoms with van der Waals surface area (Å²) in [6.07, 6.45) is -3.12. The van der Waals surface area contributed by atoms with Crippen molar-refractivity contribution in [2.24, 2.45) is 11.1 Å². The van der Waals surface area contributed by atoms with Crippen LogP contribution in [0.15, 0.2) is 24.3 Å². The van der Waals surface area contributed by atoms with E-state index in [-0.39, 0.29) is 31.5 Å². The molecule has 26 heavy (non-hydrogen) atoms. The zero-order valence-corrected chi connectivity index (χ0v) is 15.1. The fourth-order valence-corrected chi connectivity index (χ4v) is 2.69. The lowest BCUT2D eigenvalue weighted by Gasteiger charge is -2.34. The predicted molar refractivity (Wildman–Crippen MR) is 92.8 cm³/mol. The summed E-state index contributed by atoms with van der Waals surface area (Å²) in [4.78, 5) is 12.5. The molecule has 0 bridgehead atoms. The molecule has 0 unspecified atom stereocenters. The number of rotatable bonds is 7. The highest BCUT2D eigenvalue weighted by Crippen LogP contribution is 2.29. The molecule has 1 heterocycles. The standard InChI is InChI=1S/C17H23F3N2O3.ClH/c18-17(19,20)12-25-10-14-3-1-13(2-4-14)9-22-15(23)16(11-21)5-7-24-8-6-16;/h1-4H,5-12,21H2,(H,22,23);1H. The SMILES string of the molecule is Cl.NCC1(C(=O)NCc2ccc(COCC(F)(F)F)cc2)CCOCC1. The highest BCUT2D eigenvalue weighted by atomic mass is 35.5. The number of benzene rings is 1. The van der Waals surface area contributed by atoms with Gasteiger partial charge in [0.2, 0.25) is 5.91 Å². The first-order valence-corrected chi connectivity index (χ1v) is 8.13. The molecule has 3 N–H and O–H groups in total. The lowest BCUT2D eigenvalue weighted by atomic mass is 9.79. The molecule has 5 nitrogen and oxygen atoms in total. The minimum atomic E-state index is -4.33. The normalized spacial score (nSPS) is 16.6. The predicted octanol–water partition coefficient (Wildman–Crippen LogP) is 2.56. The maximum absolute atomic E-state index is 12.5. The Kier molecular flexibility index (Phi) is 8.82. The molecule has 0 radical (unpaired) electrons. The van der Waals surface area contributed by atoms with Gasteiger partial charge in [-0.15, -0.1) is 12.4 Å². The second kappa shape index (κ2) is 10.1. The molecule has 0 aromatic heterocycles. The van der Waals surface area contributed by atoms with Crippen molar-refractivity contribution >= 4 is 18.3 Å². The van der Waals surface area contributed by atoms with E-state index < -0.39 is 18.2 Å². The van der Waals surface area contributed by atoms with Gasteiger partial charge in [0.25, 0.3) is 0 Å². The molecule has 1 aliphatic rings. The van der Waals surface area contributed by atoms with Crippen LogP contribution in [0, 0.1) is 5.41 Å². The van der Waals surface area contributed by atoms with E-state index >= 15 is 0 Å². The van der Waals surface area contributed by atoms with E-state index in [4.69, 9.17) is 10.5 Å². The molecule has 0 spiro atoms. The maximum Gasteiger partial charge on any atom is 0.411 e. The Bertz CT molecular complexity index is 561. The summed E-state index contributed by atoms with van der Waals surface area (Å²) in [7, 11) is 0. The number of ether oxygens (including phenoxy) is 2. The molecule has 1 saturated heterocycles. The van der Waals surface area contributed by atoms with Crippen molar-refractivity contribution in [3.63, 3.8) is 0 Å². The van der Waals surface area contributed by atoms with Gasteiger partial charge in [-0.1, -0.05) is 24.3 Å². The number of halogens is 4. The summed E-state index contributed by atoms with van der Waals surface area (Å²) >= 11 is 0. The van der Waals surface area contributed by atoms with E-state index in [2.05, 4.69) is 10.1 Å². The molecule has 9 heteroatoms. The van der Waals surface area contributed by atoms with Gasteiger partial charge in [-0.25, -0.2) is 0 Å². The average molecular weight is 397 g/mol. The highest BCUT2D eigenvalue weighted by molar-refractivity contribution is 5.85. The van der Waals surface area contributed by atoms with Crippen LogP contribution < -0.4 is 11.1 Å². The van der Waals surface area contributed by atoms with E-state index in [0.717, 1.165) is 5.56 Å². The Balaban J connectivity index is 0.00000338. The molecule has 1 aromatic rings. The molecular formula is C17H24ClF3N2O3. The van der Waals surface area contributed by atoms with Crippen LogP contribution in [0.3, 0.4) is 0 Å². The quantitative estimate of drug-likeness (QED) is 0.743. The summed E-state index contributed by atoms with van der Waals surface area (Å²) in [6.45, 7) is 0.287. The Morgan fingerprint density at radius 2 is 1.77 bits per heavy atom. The smallest absolute Gasteiger partial charge is 0.381 e. The van der Waals surface area contributed by atoms with Crippen LogP contribution in [0.25, 0.3) is 0 Å². The minimum absolute atomic E-state index is 0. The molecule has 148 valence electrons. The van der Waals surface area contributed by atoms with Crippen molar-refractivity contribution in [3.05, 3.63) is 35.4 Å². The number of carbonyl (C=O) groups excluding carboxylic acids is 1. The number of nitrogens with one attached hydrogen (secondary N) is 1. The number of hydrogen-bond donors (Lipinski definition) is 2. The average Bonchev–Trinajstić information content (AvgIpc) is 2.60. The van der Waals surface area contributed by atoms with Crippen molar-refractivity contribution in [1.29, 1.82) is 0 Å². The summed E-state index contributed by atoms with van der Waals surface area (Å²) in [5.41, 5.74) is 6.71. The Hall–Kier alpha value is -1.35. The molecule has 0 saturated carbocycles. The van der Waals surface area contributed by atoms with Gasteiger partial charge in [-0.2, -0.15) is 13.2 Å². The van der Waals surface area contributed by atoms with Gasteiger partial charge in [-0.3, -0.25) is 4.79 Å². The summed E-state index contributed by atoms with van der Waals surface area (Å²) < 4.78 is 46.0. The van der Waals surface area contributed by atoms with Crippen molar-refractivity contribution in [1.82, 2.24) is 5.32 Å². The van der Waals surface area contributed by atoms with Crippen LogP contribution >= 0.6 is 12.4 Å². The molecular weight excluding hydrogens is 373 g/mol. The Morgan fingerprint density at radius 3 is 2.31 bits per heavy atom. The van der Waals surface area contributed by atoms with Gasteiger partial charge in [0.1, 0.15) is 6.61 Å². The third kappa shape index (κ3) is 6.75. The molecule has 0 aliphatic carbocycles. The summed E-state index contributed by atoms with van der Waals surface area (Å²) in [6, 6.07) is 6.88. The maximum atomic E-state index is 12.5. The zero-order chi connectivity index (χ0) is 18.3. The third-order valence-electron chi connectivity index (χ3n) is 4.33. The molecule has 2 rings (SSSR count). The Labute approximate surface area is 156 Å². The van der Waals surface area contributed by atoms with E-state index in [0.29, 0.717) is 38.2 Å². The lowest BCUT2D eigenvalue weighted by Crippen LogP contribution is -2.48. The zero-order valence-electron chi connectivity index (χ0n) is 14.3. The second-order valence-corrected chi connectivity index (χ2v) is 6.20. The molecule has 1 fully saturated rings. The van der Waals surface area contributed by atoms with Crippen LogP contribution in [0.4, 0.5) is 13.2 Å².